The Kier molecular flexibility index (Phi) is 6.54. The Morgan fingerprint density at radius 2 is 1.81 bits per heavy atom. The van der Waals surface area contributed by atoms with Gasteiger partial charge in [-0.3, -0.25) is 19.3 Å². The predicted octanol–water partition coefficient (Wildman–Crippen LogP) is 3.83. The summed E-state index contributed by atoms with van der Waals surface area (Å²) in [5.41, 5.74) is 0.591. The average molecular weight is 459 g/mol. The van der Waals surface area contributed by atoms with Gasteiger partial charge in [-0.2, -0.15) is 0 Å². The van der Waals surface area contributed by atoms with Gasteiger partial charge in [0.15, 0.2) is 5.44 Å². The zero-order valence-electron chi connectivity index (χ0n) is 17.1. The third kappa shape index (κ3) is 4.58. The molecule has 9 heteroatoms. The van der Waals surface area contributed by atoms with Crippen molar-refractivity contribution < 1.29 is 23.9 Å². The third-order valence-corrected chi connectivity index (χ3v) is 7.27. The van der Waals surface area contributed by atoms with Crippen LogP contribution in [0, 0.1) is 0 Å². The van der Waals surface area contributed by atoms with E-state index in [9.17, 15) is 14.4 Å². The highest BCUT2D eigenvalue weighted by atomic mass is 32.2. The fourth-order valence-corrected chi connectivity index (χ4v) is 5.42. The molecule has 2 aliphatic heterocycles. The van der Waals surface area contributed by atoms with E-state index in [2.05, 4.69) is 0 Å². The summed E-state index contributed by atoms with van der Waals surface area (Å²) >= 11 is 2.46. The summed E-state index contributed by atoms with van der Waals surface area (Å²) in [7, 11) is 1.56. The van der Waals surface area contributed by atoms with E-state index in [-0.39, 0.29) is 35.6 Å². The molecule has 0 bridgehead atoms. The summed E-state index contributed by atoms with van der Waals surface area (Å²) < 4.78 is 10.9. The van der Waals surface area contributed by atoms with Gasteiger partial charge in [-0.25, -0.2) is 0 Å². The summed E-state index contributed by atoms with van der Waals surface area (Å²) in [6.45, 7) is 2.66. The third-order valence-electron chi connectivity index (χ3n) is 5.10. The topological polar surface area (TPSA) is 76.2 Å². The maximum atomic E-state index is 13.0. The van der Waals surface area contributed by atoms with Crippen LogP contribution < -0.4 is 4.74 Å². The van der Waals surface area contributed by atoms with Gasteiger partial charge in [-0.05, 0) is 42.4 Å². The molecule has 0 radical (unpaired) electrons. The lowest BCUT2D eigenvalue weighted by atomic mass is 10.1. The largest absolute Gasteiger partial charge is 0.497 e. The van der Waals surface area contributed by atoms with Crippen LogP contribution in [0.3, 0.4) is 0 Å². The zero-order valence-corrected chi connectivity index (χ0v) is 18.8. The molecular weight excluding hydrogens is 436 g/mol. The number of ether oxygens (including phenoxy) is 2. The van der Waals surface area contributed by atoms with E-state index in [4.69, 9.17) is 9.47 Å². The first kappa shape index (κ1) is 21.7. The number of thioether (sulfide) groups is 2. The number of methoxy groups -OCH3 is 1. The van der Waals surface area contributed by atoms with Gasteiger partial charge < -0.3 is 14.4 Å². The number of fused-ring (bicyclic) bond motifs is 1. The minimum atomic E-state index is -0.883. The molecular formula is C22H22N2O5S2. The molecule has 0 N–H and O–H groups in total. The van der Waals surface area contributed by atoms with Gasteiger partial charge in [0.1, 0.15) is 5.75 Å². The van der Waals surface area contributed by atoms with Crippen LogP contribution in [0.2, 0.25) is 0 Å². The smallest absolute Gasteiger partial charge is 0.291 e. The standard InChI is InChI=1S/C22H22N2O5S2/c1-14-23(19(25)17-12-16(28-2)8-9-18(17)30-14)10-11-29-21-20(26)24(22(27)31-21)13-15-6-4-3-5-7-15/h3-9,12,14,21H,10-11,13H2,1-2H3. The van der Waals surface area contributed by atoms with Crippen LogP contribution >= 0.6 is 23.5 Å². The van der Waals surface area contributed by atoms with Crippen molar-refractivity contribution in [3.8, 4) is 5.75 Å². The summed E-state index contributed by atoms with van der Waals surface area (Å²) in [6, 6.07) is 14.8. The lowest BCUT2D eigenvalue weighted by molar-refractivity contribution is -0.134. The SMILES string of the molecule is COc1ccc2c(c1)C(=O)N(CCOC1SC(=O)N(Cc3ccccc3)C1=O)C(C)S2. The molecule has 0 spiro atoms. The maximum absolute atomic E-state index is 13.0. The fourth-order valence-electron chi connectivity index (χ4n) is 3.45. The molecule has 2 atom stereocenters. The maximum Gasteiger partial charge on any atom is 0.291 e. The second-order valence-corrected chi connectivity index (χ2v) is 9.45. The Hall–Kier alpha value is -2.49. The van der Waals surface area contributed by atoms with Crippen LogP contribution in [0.25, 0.3) is 0 Å². The molecule has 2 aromatic carbocycles. The zero-order chi connectivity index (χ0) is 22.0. The Labute approximate surface area is 189 Å². The molecule has 3 amide bonds. The minimum Gasteiger partial charge on any atom is -0.497 e. The molecule has 2 heterocycles. The first-order chi connectivity index (χ1) is 15.0. The summed E-state index contributed by atoms with van der Waals surface area (Å²) in [4.78, 5) is 41.7. The van der Waals surface area contributed by atoms with Crippen molar-refractivity contribution in [2.24, 2.45) is 0 Å². The monoisotopic (exact) mass is 458 g/mol. The molecule has 162 valence electrons. The molecule has 0 aromatic heterocycles. The molecule has 0 saturated carbocycles. The molecule has 1 saturated heterocycles. The van der Waals surface area contributed by atoms with Crippen molar-refractivity contribution in [3.05, 3.63) is 59.7 Å². The Balaban J connectivity index is 1.35. The molecule has 0 aliphatic carbocycles. The van der Waals surface area contributed by atoms with Gasteiger partial charge in [0.05, 0.1) is 31.2 Å². The summed E-state index contributed by atoms with van der Waals surface area (Å²) in [5.74, 6) is 0.167. The fraction of sp³-hybridized carbons (Fsp3) is 0.318. The predicted molar refractivity (Wildman–Crippen MR) is 119 cm³/mol. The van der Waals surface area contributed by atoms with E-state index in [1.807, 2.05) is 49.4 Å². The number of nitrogens with zero attached hydrogens (tertiary/aromatic N) is 2. The first-order valence-electron chi connectivity index (χ1n) is 9.81. The highest BCUT2D eigenvalue weighted by molar-refractivity contribution is 8.15. The van der Waals surface area contributed by atoms with Crippen molar-refractivity contribution in [1.29, 1.82) is 0 Å². The van der Waals surface area contributed by atoms with Crippen molar-refractivity contribution in [3.63, 3.8) is 0 Å². The molecule has 1 fully saturated rings. The first-order valence-corrected chi connectivity index (χ1v) is 11.6. The number of hydrogen-bond donors (Lipinski definition) is 0. The van der Waals surface area contributed by atoms with Crippen molar-refractivity contribution in [2.45, 2.75) is 29.2 Å². The summed E-state index contributed by atoms with van der Waals surface area (Å²) in [6.07, 6.45) is 0. The molecule has 2 aliphatic rings. The minimum absolute atomic E-state index is 0.0693. The van der Waals surface area contributed by atoms with Crippen molar-refractivity contribution >= 4 is 40.6 Å². The van der Waals surface area contributed by atoms with Crippen LogP contribution in [-0.4, -0.2) is 57.9 Å². The molecule has 31 heavy (non-hydrogen) atoms. The molecule has 7 nitrogen and oxygen atoms in total. The second-order valence-electron chi connectivity index (χ2n) is 7.07. The van der Waals surface area contributed by atoms with Crippen LogP contribution in [-0.2, 0) is 16.1 Å². The highest BCUT2D eigenvalue weighted by Gasteiger charge is 2.40. The lowest BCUT2D eigenvalue weighted by Gasteiger charge is -2.34. The van der Waals surface area contributed by atoms with Crippen LogP contribution in [0.4, 0.5) is 4.79 Å². The number of carbonyl (C=O) groups excluding carboxylic acids is 3. The Bertz CT molecular complexity index is 1000. The van der Waals surface area contributed by atoms with Gasteiger partial charge in [0, 0.05) is 11.4 Å². The number of amides is 3. The van der Waals surface area contributed by atoms with Gasteiger partial charge in [-0.1, -0.05) is 30.3 Å². The summed E-state index contributed by atoms with van der Waals surface area (Å²) in [5, 5.41) is -0.391. The number of hydrogen-bond acceptors (Lipinski definition) is 7. The van der Waals surface area contributed by atoms with E-state index >= 15 is 0 Å². The molecule has 2 aromatic rings. The normalized spacial score (nSPS) is 20.9. The van der Waals surface area contributed by atoms with Crippen LogP contribution in [0.15, 0.2) is 53.4 Å². The van der Waals surface area contributed by atoms with Crippen LogP contribution in [0.5, 0.6) is 5.75 Å². The van der Waals surface area contributed by atoms with E-state index < -0.39 is 5.44 Å². The van der Waals surface area contributed by atoms with E-state index in [1.165, 1.54) is 4.90 Å². The van der Waals surface area contributed by atoms with Crippen molar-refractivity contribution in [1.82, 2.24) is 9.80 Å². The van der Waals surface area contributed by atoms with E-state index in [0.29, 0.717) is 17.9 Å². The lowest BCUT2D eigenvalue weighted by Crippen LogP contribution is -2.42. The Morgan fingerprint density at radius 1 is 1.03 bits per heavy atom. The number of imide groups is 1. The Morgan fingerprint density at radius 3 is 2.55 bits per heavy atom. The van der Waals surface area contributed by atoms with Crippen molar-refractivity contribution in [2.75, 3.05) is 20.3 Å². The second kappa shape index (κ2) is 9.33. The van der Waals surface area contributed by atoms with E-state index in [0.717, 1.165) is 22.2 Å². The van der Waals surface area contributed by atoms with Gasteiger partial charge in [0.25, 0.3) is 17.1 Å². The van der Waals surface area contributed by atoms with E-state index in [1.54, 1.807) is 29.8 Å². The number of benzene rings is 2. The quantitative estimate of drug-likeness (QED) is 0.624. The highest BCUT2D eigenvalue weighted by Crippen LogP contribution is 2.37. The number of carbonyl (C=O) groups is 3. The number of rotatable bonds is 7. The van der Waals surface area contributed by atoms with Gasteiger partial charge in [-0.15, -0.1) is 11.8 Å². The van der Waals surface area contributed by atoms with Gasteiger partial charge >= 0.3 is 0 Å². The average Bonchev–Trinajstić information content (AvgIpc) is 3.04. The molecule has 2 unspecified atom stereocenters. The van der Waals surface area contributed by atoms with Crippen LogP contribution in [0.1, 0.15) is 22.8 Å². The van der Waals surface area contributed by atoms with Gasteiger partial charge in [0.2, 0.25) is 0 Å². The molecule has 4 rings (SSSR count).